The molecule has 3 aliphatic heterocycles. The molecule has 0 aromatic rings. The molecule has 0 saturated carbocycles. The molecule has 0 aromatic carbocycles. The van der Waals surface area contributed by atoms with Crippen molar-refractivity contribution < 1.29 is 538 Å². The molecule has 0 aromatic heterocycles. The molecule has 0 spiro atoms. The molecule has 0 N–H and O–H groups in total. The maximum atomic E-state index is 12.3. The van der Waals surface area contributed by atoms with Crippen LogP contribution in [0.15, 0.2) is 0 Å². The summed E-state index contributed by atoms with van der Waals surface area (Å²) < 4.78 is 457. The van der Waals surface area contributed by atoms with Gasteiger partial charge in [0.2, 0.25) is 121 Å². The summed E-state index contributed by atoms with van der Waals surface area (Å²) in [5.41, 5.74) is 0. The first-order valence-corrected chi connectivity index (χ1v) is 32.3. The van der Waals surface area contributed by atoms with Gasteiger partial charge in [-0.3, -0.25) is 41.8 Å². The van der Waals surface area contributed by atoms with Crippen LogP contribution in [0.3, 0.4) is 0 Å². The summed E-state index contributed by atoms with van der Waals surface area (Å²) in [6, 6.07) is 0. The average molecular weight is 1630 g/mol. The SMILES string of the molecule is O=S(=O)([O-])OC[C@H]1O[C@H](O[C@@H]2C(OS(=O)(=O)[O-])O[C@H](COS(=O)(=O)[O-])[C@@H](OS(=O)(=O)[O-])[C@@H]2OS(=O)(=O)[O-])[C@@H](OS(=O)(=O)[O-])[C@@H](O[C@H]2O[C@H](COS(=O)(=O)[O-])[C@@H](OS(=O)(=O)[O-])[C@H](OS(=O)(=O)[O-])[C@@H]2OS(=O)(=O)[O-])[C@@H]1OS(=O)(=O)[O-].[Na+].[Na+].[Na+].[Na+].[Na+].[Na+].[Na+].[Na+].[Na+].[Na+].[Na+]. The van der Waals surface area contributed by atoms with Crippen LogP contribution in [0.2, 0.25) is 0 Å². The van der Waals surface area contributed by atoms with E-state index in [0.717, 1.165) is 0 Å². The molecule has 0 aliphatic carbocycles. The Morgan fingerprint density at radius 3 is 0.629 bits per heavy atom. The minimum atomic E-state index is -6.97. The maximum absolute atomic E-state index is 12.3. The van der Waals surface area contributed by atoms with Crippen molar-refractivity contribution >= 4 is 114 Å². The van der Waals surface area contributed by atoms with Gasteiger partial charge in [-0.1, -0.05) is 0 Å². The number of hydrogen-bond donors (Lipinski definition) is 0. The van der Waals surface area contributed by atoms with Gasteiger partial charge in [-0.05, 0) is 0 Å². The summed E-state index contributed by atoms with van der Waals surface area (Å²) in [5.74, 6) is 0. The van der Waals surface area contributed by atoms with Gasteiger partial charge in [0, 0.05) is 0 Å². The molecule has 3 rings (SSSR count). The van der Waals surface area contributed by atoms with Crippen molar-refractivity contribution in [3.63, 3.8) is 0 Å². The van der Waals surface area contributed by atoms with Gasteiger partial charge in [-0.2, -0.15) is 0 Å². The quantitative estimate of drug-likeness (QED) is 0.0381. The van der Waals surface area contributed by atoms with Crippen LogP contribution in [0.4, 0.5) is 0 Å². The summed E-state index contributed by atoms with van der Waals surface area (Å²) in [6.45, 7) is -6.96. The molecule has 0 bridgehead atoms. The Balaban J connectivity index is -0.000000831. The molecule has 1 unspecified atom stereocenters. The normalized spacial score (nSPS) is 28.0. The fourth-order valence-corrected chi connectivity index (χ4v) is 11.0. The molecular weight excluding hydrogens is 1610 g/mol. The number of ether oxygens (including phenoxy) is 5. The monoisotopic (exact) mass is 1630 g/mol. The van der Waals surface area contributed by atoms with Crippen LogP contribution >= 0.6 is 0 Å². The number of rotatable bonds is 29. The minimum Gasteiger partial charge on any atom is -0.726 e. The number of hydrogen-bond acceptors (Lipinski definition) is 49. The van der Waals surface area contributed by atoms with Crippen molar-refractivity contribution in [2.75, 3.05) is 19.8 Å². The molecule has 3 saturated heterocycles. The summed E-state index contributed by atoms with van der Waals surface area (Å²) in [7, 11) is -72.9. The first-order valence-electron chi connectivity index (χ1n) is 17.7. The third-order valence-electron chi connectivity index (χ3n) is 8.30. The summed E-state index contributed by atoms with van der Waals surface area (Å²) in [4.78, 5) is 0. The van der Waals surface area contributed by atoms with E-state index in [0.29, 0.717) is 0 Å². The second-order valence-corrected chi connectivity index (χ2v) is 24.9. The van der Waals surface area contributed by atoms with Crippen LogP contribution in [-0.2, 0) is 184 Å². The van der Waals surface area contributed by atoms with Crippen LogP contribution in [0, 0.1) is 0 Å². The van der Waals surface area contributed by atoms with Gasteiger partial charge >= 0.3 is 325 Å². The third kappa shape index (κ3) is 48.3. The van der Waals surface area contributed by atoms with Gasteiger partial charge in [-0.15, -0.1) is 0 Å². The van der Waals surface area contributed by atoms with Gasteiger partial charge in [0.25, 0.3) is 0 Å². The van der Waals surface area contributed by atoms with E-state index in [2.05, 4.69) is 46.0 Å². The van der Waals surface area contributed by atoms with Crippen LogP contribution in [0.1, 0.15) is 0 Å². The molecule has 15 atom stereocenters. The Labute approximate surface area is 749 Å². The van der Waals surface area contributed by atoms with E-state index < -0.39 is 226 Å². The zero-order valence-electron chi connectivity index (χ0n) is 46.3. The van der Waals surface area contributed by atoms with E-state index in [1.165, 1.54) is 0 Å². The van der Waals surface area contributed by atoms with Crippen molar-refractivity contribution in [2.45, 2.75) is 92.1 Å². The van der Waals surface area contributed by atoms with E-state index in [1.54, 1.807) is 0 Å². The molecule has 49 nitrogen and oxygen atoms in total. The first-order chi connectivity index (χ1) is 34.5. The Kier molecular flexibility index (Phi) is 61.1. The summed E-state index contributed by atoms with van der Waals surface area (Å²) in [6.07, 6.45) is -56.0. The fraction of sp³-hybridized carbons (Fsp3) is 1.00. The van der Waals surface area contributed by atoms with E-state index in [-0.39, 0.29) is 325 Å². The van der Waals surface area contributed by atoms with Gasteiger partial charge in [-0.25, -0.2) is 96.8 Å². The Bertz CT molecular complexity index is 3450. The molecule has 89 heavy (non-hydrogen) atoms. The van der Waals surface area contributed by atoms with E-state index in [1.807, 2.05) is 0 Å². The van der Waals surface area contributed by atoms with Gasteiger partial charge in [0.1, 0.15) is 61.0 Å². The maximum Gasteiger partial charge on any atom is 1.00 e. The Morgan fingerprint density at radius 2 is 0.393 bits per heavy atom. The predicted molar refractivity (Wildman–Crippen MR) is 195 cm³/mol. The van der Waals surface area contributed by atoms with E-state index >= 15 is 0 Å². The molecule has 464 valence electrons. The average Bonchev–Trinajstić information content (AvgIpc) is 3.14. The zero-order valence-corrected chi connectivity index (χ0v) is 77.3. The largest absolute Gasteiger partial charge is 1.00 e. The topological polar surface area (TPSA) is 777 Å². The van der Waals surface area contributed by atoms with Crippen molar-refractivity contribution in [1.82, 2.24) is 0 Å². The third-order valence-corrected chi connectivity index (χ3v) is 13.2. The van der Waals surface area contributed by atoms with Crippen LogP contribution < -0.4 is 325 Å². The second kappa shape index (κ2) is 46.6. The van der Waals surface area contributed by atoms with Crippen LogP contribution in [-0.4, -0.2) is 255 Å². The van der Waals surface area contributed by atoms with E-state index in [9.17, 15) is 143 Å². The molecule has 0 amide bonds. The smallest absolute Gasteiger partial charge is 0.726 e. The molecule has 3 aliphatic rings. The molecule has 3 heterocycles. The van der Waals surface area contributed by atoms with Crippen molar-refractivity contribution in [3.8, 4) is 0 Å². The molecular formula is C18H21Na11O49S11. The second-order valence-electron chi connectivity index (χ2n) is 13.7. The zero-order chi connectivity index (χ0) is 60.6. The Hall–Kier alpha value is 9.37. The van der Waals surface area contributed by atoms with Gasteiger partial charge in [0.05, 0.1) is 19.8 Å². The van der Waals surface area contributed by atoms with Gasteiger partial charge < -0.3 is 73.8 Å². The Morgan fingerprint density at radius 1 is 0.213 bits per heavy atom. The van der Waals surface area contributed by atoms with E-state index in [4.69, 9.17) is 23.7 Å². The summed E-state index contributed by atoms with van der Waals surface area (Å²) in [5, 5.41) is 0. The van der Waals surface area contributed by atoms with Crippen molar-refractivity contribution in [1.29, 1.82) is 0 Å². The van der Waals surface area contributed by atoms with Crippen LogP contribution in [0.25, 0.3) is 0 Å². The fourth-order valence-electron chi connectivity index (χ4n) is 6.24. The standard InChI is InChI=1S/C18H32O49S11.11Na/c19-68(20,21)52-1-4-7(60-71(28,29)30)10(58-17-15(66-77(46,47)48)12(64-75(40,41)42)9(62-73(34,35)36)5(56-17)2-53-69(22,23)24)14(65-76(43,44)45)16(55-4)59-13-11(63-74(37,38)39)8(61-72(31,32)33)6(3-54-70(25,26)27)57-18(13)67-78(49,50)51;;;;;;;;;;;/h4-18H,1-3H2,(H,19,20,21)(H,22,23,24)(H,25,26,27)(H,28,29,30)(H,31,32,33)(H,34,35,36)(H,37,38,39)(H,40,41,42)(H,43,44,45)(H,46,47,48)(H,49,50,51);;;;;;;;;;;/q;11*+1/p-11/t4-,5-,6-,7-,8-,9-,10+,11+,12+,13+,14+,15+,16-,17-,18?;;;;;;;;;;;/m1.........../s1. The molecule has 3 fully saturated rings. The minimum absolute atomic E-state index is 0. The first kappa shape index (κ1) is 117. The predicted octanol–water partition coefficient (Wildman–Crippen LogP) is -46.2. The van der Waals surface area contributed by atoms with Crippen molar-refractivity contribution in [2.24, 2.45) is 0 Å². The van der Waals surface area contributed by atoms with Crippen LogP contribution in [0.5, 0.6) is 0 Å². The van der Waals surface area contributed by atoms with Crippen molar-refractivity contribution in [3.05, 3.63) is 0 Å². The molecule has 0 radical (unpaired) electrons. The van der Waals surface area contributed by atoms with Gasteiger partial charge in [0.15, 0.2) is 24.8 Å². The summed E-state index contributed by atoms with van der Waals surface area (Å²) >= 11 is 0. The molecule has 71 heteroatoms.